The number of likely N-dealkylation sites (tertiary alicyclic amines) is 1. The maximum atomic E-state index is 12.9. The van der Waals surface area contributed by atoms with Crippen LogP contribution in [0.25, 0.3) is 6.08 Å². The lowest BCUT2D eigenvalue weighted by atomic mass is 9.76. The van der Waals surface area contributed by atoms with Crippen molar-refractivity contribution in [2.45, 2.75) is 32.7 Å². The van der Waals surface area contributed by atoms with E-state index in [4.69, 9.17) is 4.74 Å². The summed E-state index contributed by atoms with van der Waals surface area (Å²) < 4.78 is 5.48. The fourth-order valence-electron chi connectivity index (χ4n) is 3.79. The average Bonchev–Trinajstić information content (AvgIpc) is 2.70. The van der Waals surface area contributed by atoms with E-state index in [-0.39, 0.29) is 5.97 Å². The molecule has 0 radical (unpaired) electrons. The predicted molar refractivity (Wildman–Crippen MR) is 108 cm³/mol. The molecule has 1 saturated heterocycles. The Morgan fingerprint density at radius 3 is 2.74 bits per heavy atom. The van der Waals surface area contributed by atoms with E-state index in [9.17, 15) is 4.79 Å². The first-order valence-corrected chi connectivity index (χ1v) is 9.72. The summed E-state index contributed by atoms with van der Waals surface area (Å²) in [4.78, 5) is 19.3. The van der Waals surface area contributed by atoms with E-state index in [0.29, 0.717) is 13.0 Å². The molecule has 0 bridgehead atoms. The molecule has 0 N–H and O–H groups in total. The van der Waals surface area contributed by atoms with Crippen LogP contribution in [-0.4, -0.2) is 35.5 Å². The third kappa shape index (κ3) is 5.27. The molecule has 142 valence electrons. The lowest BCUT2D eigenvalue weighted by molar-refractivity contribution is -0.159. The van der Waals surface area contributed by atoms with Gasteiger partial charge in [-0.25, -0.2) is 0 Å². The molecule has 2 aromatic rings. The molecule has 27 heavy (non-hydrogen) atoms. The number of allylic oxidation sites excluding steroid dienone is 1. The molecule has 1 atom stereocenters. The summed E-state index contributed by atoms with van der Waals surface area (Å²) in [5, 5.41) is 0. The van der Waals surface area contributed by atoms with Gasteiger partial charge in [0.05, 0.1) is 12.0 Å². The molecule has 1 aromatic carbocycles. The molecular weight excluding hydrogens is 336 g/mol. The number of piperidine rings is 1. The zero-order valence-corrected chi connectivity index (χ0v) is 16.0. The number of rotatable bonds is 7. The standard InChI is InChI=1S/C23H28N2O2/c1-2-27-22(26)23(13-6-10-20-8-4-3-5-9-20)14-7-17-25(19-23)18-21-11-15-24-16-12-21/h3-6,8-12,15-16H,2,7,13-14,17-19H2,1H3. The Balaban J connectivity index is 1.73. The first-order valence-electron chi connectivity index (χ1n) is 9.72. The second-order valence-electron chi connectivity index (χ2n) is 7.19. The maximum absolute atomic E-state index is 12.9. The first-order chi connectivity index (χ1) is 13.2. The molecule has 1 aromatic heterocycles. The number of carbonyl (C=O) groups is 1. The number of carbonyl (C=O) groups excluding carboxylic acids is 1. The van der Waals surface area contributed by atoms with Crippen molar-refractivity contribution < 1.29 is 9.53 Å². The van der Waals surface area contributed by atoms with Crippen molar-refractivity contribution in [1.29, 1.82) is 0 Å². The summed E-state index contributed by atoms with van der Waals surface area (Å²) in [7, 11) is 0. The molecular formula is C23H28N2O2. The van der Waals surface area contributed by atoms with Crippen molar-refractivity contribution in [3.8, 4) is 0 Å². The van der Waals surface area contributed by atoms with Crippen LogP contribution in [0.5, 0.6) is 0 Å². The number of aromatic nitrogens is 1. The Morgan fingerprint density at radius 2 is 2.00 bits per heavy atom. The van der Waals surface area contributed by atoms with Crippen molar-refractivity contribution in [3.63, 3.8) is 0 Å². The Labute approximate surface area is 161 Å². The molecule has 0 saturated carbocycles. The first kappa shape index (κ1) is 19.3. The van der Waals surface area contributed by atoms with E-state index in [2.05, 4.69) is 34.2 Å². The van der Waals surface area contributed by atoms with Crippen molar-refractivity contribution in [2.75, 3.05) is 19.7 Å². The van der Waals surface area contributed by atoms with Gasteiger partial charge in [0.15, 0.2) is 0 Å². The van der Waals surface area contributed by atoms with Crippen molar-refractivity contribution >= 4 is 12.0 Å². The topological polar surface area (TPSA) is 42.4 Å². The highest BCUT2D eigenvalue weighted by Gasteiger charge is 2.42. The third-order valence-electron chi connectivity index (χ3n) is 5.14. The summed E-state index contributed by atoms with van der Waals surface area (Å²) >= 11 is 0. The van der Waals surface area contributed by atoms with Gasteiger partial charge in [0.25, 0.3) is 0 Å². The van der Waals surface area contributed by atoms with Gasteiger partial charge in [-0.1, -0.05) is 42.5 Å². The number of benzene rings is 1. The molecule has 0 aliphatic carbocycles. The number of pyridine rings is 1. The van der Waals surface area contributed by atoms with E-state index in [0.717, 1.165) is 38.0 Å². The van der Waals surface area contributed by atoms with Gasteiger partial charge in [0, 0.05) is 25.5 Å². The summed E-state index contributed by atoms with van der Waals surface area (Å²) in [6.45, 7) is 4.88. The average molecular weight is 364 g/mol. The highest BCUT2D eigenvalue weighted by molar-refractivity contribution is 5.77. The van der Waals surface area contributed by atoms with E-state index in [1.807, 2.05) is 49.6 Å². The normalized spacial score (nSPS) is 20.6. The van der Waals surface area contributed by atoms with Crippen LogP contribution in [0.1, 0.15) is 37.3 Å². The van der Waals surface area contributed by atoms with Crippen LogP contribution in [0, 0.1) is 5.41 Å². The Hall–Kier alpha value is -2.46. The van der Waals surface area contributed by atoms with Crippen LogP contribution in [0.3, 0.4) is 0 Å². The van der Waals surface area contributed by atoms with Crippen LogP contribution >= 0.6 is 0 Å². The van der Waals surface area contributed by atoms with Gasteiger partial charge in [0.2, 0.25) is 0 Å². The minimum absolute atomic E-state index is 0.0675. The largest absolute Gasteiger partial charge is 0.466 e. The second-order valence-corrected chi connectivity index (χ2v) is 7.19. The lowest BCUT2D eigenvalue weighted by Gasteiger charge is -2.40. The second kappa shape index (κ2) is 9.47. The van der Waals surface area contributed by atoms with Gasteiger partial charge < -0.3 is 4.74 Å². The monoisotopic (exact) mass is 364 g/mol. The van der Waals surface area contributed by atoms with Crippen molar-refractivity contribution in [3.05, 3.63) is 72.1 Å². The highest BCUT2D eigenvalue weighted by atomic mass is 16.5. The number of ether oxygens (including phenoxy) is 1. The van der Waals surface area contributed by atoms with Crippen molar-refractivity contribution in [1.82, 2.24) is 9.88 Å². The fourth-order valence-corrected chi connectivity index (χ4v) is 3.79. The van der Waals surface area contributed by atoms with Crippen molar-refractivity contribution in [2.24, 2.45) is 5.41 Å². The number of nitrogens with zero attached hydrogens (tertiary/aromatic N) is 2. The van der Waals surface area contributed by atoms with Gasteiger partial charge in [-0.15, -0.1) is 0 Å². The molecule has 1 aliphatic heterocycles. The molecule has 4 nitrogen and oxygen atoms in total. The summed E-state index contributed by atoms with van der Waals surface area (Å²) in [6.07, 6.45) is 10.4. The van der Waals surface area contributed by atoms with Gasteiger partial charge in [0.1, 0.15) is 0 Å². The Kier molecular flexibility index (Phi) is 6.77. The van der Waals surface area contributed by atoms with Crippen LogP contribution < -0.4 is 0 Å². The molecule has 0 spiro atoms. The molecule has 1 fully saturated rings. The number of esters is 1. The summed E-state index contributed by atoms with van der Waals surface area (Å²) in [5.74, 6) is -0.0675. The van der Waals surface area contributed by atoms with Crippen LogP contribution in [0.4, 0.5) is 0 Å². The van der Waals surface area contributed by atoms with Gasteiger partial charge in [-0.3, -0.25) is 14.7 Å². The smallest absolute Gasteiger partial charge is 0.313 e. The minimum atomic E-state index is -0.466. The minimum Gasteiger partial charge on any atom is -0.466 e. The number of hydrogen-bond donors (Lipinski definition) is 0. The summed E-state index contributed by atoms with van der Waals surface area (Å²) in [5.41, 5.74) is 1.91. The molecule has 3 rings (SSSR count). The SMILES string of the molecule is CCOC(=O)C1(CC=Cc2ccccc2)CCCN(Cc2ccncc2)C1. The molecule has 1 aliphatic rings. The maximum Gasteiger partial charge on any atom is 0.313 e. The van der Waals surface area contributed by atoms with Gasteiger partial charge >= 0.3 is 5.97 Å². The predicted octanol–water partition coefficient (Wildman–Crippen LogP) is 4.33. The highest BCUT2D eigenvalue weighted by Crippen LogP contribution is 2.36. The lowest BCUT2D eigenvalue weighted by Crippen LogP contribution is -2.48. The van der Waals surface area contributed by atoms with E-state index in [1.54, 1.807) is 0 Å². The Bertz CT molecular complexity index is 745. The van der Waals surface area contributed by atoms with Gasteiger partial charge in [-0.05, 0) is 56.0 Å². The van der Waals surface area contributed by atoms with Crippen LogP contribution in [0.2, 0.25) is 0 Å². The molecule has 2 heterocycles. The fraction of sp³-hybridized carbons (Fsp3) is 0.391. The molecule has 0 amide bonds. The molecule has 4 heteroatoms. The third-order valence-corrected chi connectivity index (χ3v) is 5.14. The van der Waals surface area contributed by atoms with E-state index < -0.39 is 5.41 Å². The van der Waals surface area contributed by atoms with Crippen LogP contribution in [-0.2, 0) is 16.1 Å². The zero-order valence-electron chi connectivity index (χ0n) is 16.0. The van der Waals surface area contributed by atoms with Gasteiger partial charge in [-0.2, -0.15) is 0 Å². The van der Waals surface area contributed by atoms with Crippen LogP contribution in [0.15, 0.2) is 60.9 Å². The Morgan fingerprint density at radius 1 is 1.22 bits per heavy atom. The van der Waals surface area contributed by atoms with E-state index >= 15 is 0 Å². The van der Waals surface area contributed by atoms with E-state index in [1.165, 1.54) is 5.56 Å². The zero-order chi connectivity index (χ0) is 19.0. The quantitative estimate of drug-likeness (QED) is 0.686. The summed E-state index contributed by atoms with van der Waals surface area (Å²) in [6, 6.07) is 14.3. The molecule has 1 unspecified atom stereocenters. The number of hydrogen-bond acceptors (Lipinski definition) is 4.